The van der Waals surface area contributed by atoms with Gasteiger partial charge in [-0.15, -0.1) is 0 Å². The lowest BCUT2D eigenvalue weighted by Crippen LogP contribution is -1.92. The van der Waals surface area contributed by atoms with E-state index in [0.717, 1.165) is 11.4 Å². The smallest absolute Gasteiger partial charge is 0.0991 e. The van der Waals surface area contributed by atoms with Crippen LogP contribution >= 0.6 is 11.6 Å². The van der Waals surface area contributed by atoms with Crippen LogP contribution in [0, 0.1) is 18.3 Å². The molecule has 0 saturated heterocycles. The third-order valence-electron chi connectivity index (χ3n) is 2.79. The highest BCUT2D eigenvalue weighted by Crippen LogP contribution is 2.17. The van der Waals surface area contributed by atoms with Crippen molar-refractivity contribution in [3.63, 3.8) is 0 Å². The Hall–Kier alpha value is -1.78. The first-order valence-corrected chi connectivity index (χ1v) is 5.81. The van der Waals surface area contributed by atoms with E-state index in [2.05, 4.69) is 13.0 Å². The van der Waals surface area contributed by atoms with Crippen LogP contribution in [0.4, 0.5) is 0 Å². The molecule has 0 atom stereocenters. The molecule has 0 aliphatic rings. The molecule has 0 heterocycles. The minimum atomic E-state index is 0.708. The molecule has 0 unspecified atom stereocenters. The third kappa shape index (κ3) is 2.87. The summed E-state index contributed by atoms with van der Waals surface area (Å²) in [7, 11) is 0. The van der Waals surface area contributed by atoms with Crippen molar-refractivity contribution in [2.75, 3.05) is 0 Å². The Labute approximate surface area is 106 Å². The maximum atomic E-state index is 8.89. The van der Waals surface area contributed by atoms with E-state index in [0.29, 0.717) is 5.56 Å². The first-order valence-electron chi connectivity index (χ1n) is 5.43. The predicted molar refractivity (Wildman–Crippen MR) is 70.2 cm³/mol. The first kappa shape index (κ1) is 11.7. The monoisotopic (exact) mass is 241 g/mol. The zero-order chi connectivity index (χ0) is 12.3. The van der Waals surface area contributed by atoms with Gasteiger partial charge in [0.25, 0.3) is 0 Å². The lowest BCUT2D eigenvalue weighted by molar-refractivity contribution is 1.15. The highest BCUT2D eigenvalue weighted by Gasteiger charge is 2.02. The Kier molecular flexibility index (Phi) is 3.46. The number of hydrogen-bond acceptors (Lipinski definition) is 1. The molecule has 0 aliphatic heterocycles. The Morgan fingerprint density at radius 2 is 1.82 bits per heavy atom. The normalized spacial score (nSPS) is 9.94. The summed E-state index contributed by atoms with van der Waals surface area (Å²) in [6.07, 6.45) is 0.832. The molecule has 0 aromatic heterocycles. The van der Waals surface area contributed by atoms with Gasteiger partial charge in [-0.05, 0) is 54.3 Å². The Morgan fingerprint density at radius 3 is 2.47 bits per heavy atom. The first-order chi connectivity index (χ1) is 8.19. The second-order valence-electron chi connectivity index (χ2n) is 4.06. The van der Waals surface area contributed by atoms with Crippen LogP contribution < -0.4 is 0 Å². The van der Waals surface area contributed by atoms with Gasteiger partial charge in [-0.25, -0.2) is 0 Å². The third-order valence-corrected chi connectivity index (χ3v) is 3.04. The number of aryl methyl sites for hydroxylation is 1. The van der Waals surface area contributed by atoms with Crippen molar-refractivity contribution in [1.82, 2.24) is 0 Å². The van der Waals surface area contributed by atoms with Crippen molar-refractivity contribution in [3.8, 4) is 6.07 Å². The van der Waals surface area contributed by atoms with Crippen molar-refractivity contribution in [2.24, 2.45) is 0 Å². The second kappa shape index (κ2) is 5.03. The van der Waals surface area contributed by atoms with Gasteiger partial charge < -0.3 is 0 Å². The van der Waals surface area contributed by atoms with Crippen LogP contribution in [0.25, 0.3) is 0 Å². The molecule has 84 valence electrons. The molecule has 0 aliphatic carbocycles. The van der Waals surface area contributed by atoms with Gasteiger partial charge in [-0.2, -0.15) is 5.26 Å². The Bertz CT molecular complexity index is 564. The predicted octanol–water partition coefficient (Wildman–Crippen LogP) is 4.11. The van der Waals surface area contributed by atoms with Crippen LogP contribution in [0.2, 0.25) is 5.02 Å². The van der Waals surface area contributed by atoms with Crippen LogP contribution in [0.5, 0.6) is 0 Å². The molecule has 0 spiro atoms. The summed E-state index contributed by atoms with van der Waals surface area (Å²) < 4.78 is 0. The van der Waals surface area contributed by atoms with Crippen molar-refractivity contribution in [2.45, 2.75) is 13.3 Å². The number of nitrogens with zero attached hydrogens (tertiary/aromatic N) is 1. The maximum Gasteiger partial charge on any atom is 0.0991 e. The van der Waals surface area contributed by atoms with Crippen molar-refractivity contribution >= 4 is 11.6 Å². The van der Waals surface area contributed by atoms with Gasteiger partial charge in [-0.3, -0.25) is 0 Å². The second-order valence-corrected chi connectivity index (χ2v) is 4.49. The van der Waals surface area contributed by atoms with E-state index in [1.165, 1.54) is 16.7 Å². The molecule has 1 nitrogen and oxygen atoms in total. The van der Waals surface area contributed by atoms with E-state index in [4.69, 9.17) is 16.9 Å². The van der Waals surface area contributed by atoms with Crippen LogP contribution in [-0.4, -0.2) is 0 Å². The van der Waals surface area contributed by atoms with E-state index in [1.807, 2.05) is 42.5 Å². The van der Waals surface area contributed by atoms with E-state index in [-0.39, 0.29) is 0 Å². The number of benzene rings is 2. The zero-order valence-electron chi connectivity index (χ0n) is 9.57. The summed E-state index contributed by atoms with van der Waals surface area (Å²) in [6, 6.07) is 15.8. The van der Waals surface area contributed by atoms with Crippen molar-refractivity contribution < 1.29 is 0 Å². The SMILES string of the molecule is Cc1ccc(C#N)cc1Cc1ccc(Cl)cc1. The fourth-order valence-electron chi connectivity index (χ4n) is 1.75. The highest BCUT2D eigenvalue weighted by molar-refractivity contribution is 6.30. The van der Waals surface area contributed by atoms with E-state index in [9.17, 15) is 0 Å². The Morgan fingerprint density at radius 1 is 1.12 bits per heavy atom. The molecule has 2 heteroatoms. The van der Waals surface area contributed by atoms with Crippen LogP contribution in [-0.2, 0) is 6.42 Å². The molecule has 2 rings (SSSR count). The van der Waals surface area contributed by atoms with Crippen molar-refractivity contribution in [1.29, 1.82) is 5.26 Å². The van der Waals surface area contributed by atoms with Gasteiger partial charge in [-0.1, -0.05) is 29.8 Å². The summed E-state index contributed by atoms with van der Waals surface area (Å²) in [4.78, 5) is 0. The standard InChI is InChI=1S/C15H12ClN/c1-11-2-3-13(10-17)9-14(11)8-12-4-6-15(16)7-5-12/h2-7,9H,8H2,1H3. The molecule has 17 heavy (non-hydrogen) atoms. The summed E-state index contributed by atoms with van der Waals surface area (Å²) in [5, 5.41) is 9.63. The van der Waals surface area contributed by atoms with Gasteiger partial charge in [0.1, 0.15) is 0 Å². The minimum Gasteiger partial charge on any atom is -0.192 e. The summed E-state index contributed by atoms with van der Waals surface area (Å²) in [6.45, 7) is 2.06. The minimum absolute atomic E-state index is 0.708. The van der Waals surface area contributed by atoms with E-state index in [1.54, 1.807) is 0 Å². The summed E-state index contributed by atoms with van der Waals surface area (Å²) in [5.41, 5.74) is 4.30. The van der Waals surface area contributed by atoms with Gasteiger partial charge >= 0.3 is 0 Å². The highest BCUT2D eigenvalue weighted by atomic mass is 35.5. The largest absolute Gasteiger partial charge is 0.192 e. The van der Waals surface area contributed by atoms with Crippen LogP contribution in [0.15, 0.2) is 42.5 Å². The Balaban J connectivity index is 2.29. The topological polar surface area (TPSA) is 23.8 Å². The molecule has 0 amide bonds. The molecule has 0 bridgehead atoms. The van der Waals surface area contributed by atoms with Gasteiger partial charge in [0, 0.05) is 5.02 Å². The molecule has 2 aromatic rings. The lowest BCUT2D eigenvalue weighted by atomic mass is 9.99. The number of rotatable bonds is 2. The molecule has 2 aromatic carbocycles. The molecule has 0 saturated carbocycles. The molecular weight excluding hydrogens is 230 g/mol. The van der Waals surface area contributed by atoms with Crippen LogP contribution in [0.1, 0.15) is 22.3 Å². The molecule has 0 fully saturated rings. The van der Waals surface area contributed by atoms with Crippen LogP contribution in [0.3, 0.4) is 0 Å². The van der Waals surface area contributed by atoms with E-state index >= 15 is 0 Å². The molecule has 0 radical (unpaired) electrons. The molecule has 0 N–H and O–H groups in total. The fourth-order valence-corrected chi connectivity index (χ4v) is 1.88. The van der Waals surface area contributed by atoms with Gasteiger partial charge in [0.05, 0.1) is 11.6 Å². The molecular formula is C15H12ClN. The fraction of sp³-hybridized carbons (Fsp3) is 0.133. The lowest BCUT2D eigenvalue weighted by Gasteiger charge is -2.06. The van der Waals surface area contributed by atoms with Crippen molar-refractivity contribution in [3.05, 3.63) is 69.7 Å². The van der Waals surface area contributed by atoms with Gasteiger partial charge in [0.2, 0.25) is 0 Å². The maximum absolute atomic E-state index is 8.89. The quantitative estimate of drug-likeness (QED) is 0.776. The average molecular weight is 242 g/mol. The number of halogens is 1. The zero-order valence-corrected chi connectivity index (χ0v) is 10.3. The van der Waals surface area contributed by atoms with E-state index < -0.39 is 0 Å². The summed E-state index contributed by atoms with van der Waals surface area (Å²) >= 11 is 5.85. The van der Waals surface area contributed by atoms with Gasteiger partial charge in [0.15, 0.2) is 0 Å². The number of nitriles is 1. The summed E-state index contributed by atoms with van der Waals surface area (Å²) in [5.74, 6) is 0. The average Bonchev–Trinajstić information content (AvgIpc) is 2.35. The number of hydrogen-bond donors (Lipinski definition) is 0.